The van der Waals surface area contributed by atoms with Crippen molar-refractivity contribution in [3.63, 3.8) is 0 Å². The van der Waals surface area contributed by atoms with Crippen LogP contribution in [0.1, 0.15) is 33.1 Å². The van der Waals surface area contributed by atoms with E-state index in [-0.39, 0.29) is 12.4 Å². The van der Waals surface area contributed by atoms with Crippen LogP contribution in [0.15, 0.2) is 12.2 Å². The number of carbonyl (C=O) groups excluding carboxylic acids is 2. The van der Waals surface area contributed by atoms with Gasteiger partial charge in [-0.1, -0.05) is 13.5 Å². The summed E-state index contributed by atoms with van der Waals surface area (Å²) in [6.07, 6.45) is 1.71. The summed E-state index contributed by atoms with van der Waals surface area (Å²) in [5, 5.41) is 0. The van der Waals surface area contributed by atoms with Crippen molar-refractivity contribution in [1.82, 2.24) is 0 Å². The van der Waals surface area contributed by atoms with Crippen LogP contribution in [0, 0.1) is 0 Å². The Kier molecular flexibility index (Phi) is 5.85. The van der Waals surface area contributed by atoms with Crippen LogP contribution < -0.4 is 0 Å². The van der Waals surface area contributed by atoms with E-state index in [4.69, 9.17) is 4.74 Å². The van der Waals surface area contributed by atoms with Gasteiger partial charge in [-0.2, -0.15) is 0 Å². The van der Waals surface area contributed by atoms with E-state index in [9.17, 15) is 9.59 Å². The summed E-state index contributed by atoms with van der Waals surface area (Å²) in [5.41, 5.74) is 0.364. The average molecular weight is 184 g/mol. The standard InChI is InChI=1S/C10H16O3/c1-4-5-9(11)6-7-13-10(12)8(2)3/h2,4-7H2,1,3H3. The lowest BCUT2D eigenvalue weighted by atomic mass is 10.2. The first-order valence-electron chi connectivity index (χ1n) is 4.42. The Morgan fingerprint density at radius 1 is 1.31 bits per heavy atom. The van der Waals surface area contributed by atoms with E-state index < -0.39 is 5.97 Å². The van der Waals surface area contributed by atoms with Gasteiger partial charge in [0.05, 0.1) is 6.61 Å². The molecule has 0 unspecified atom stereocenters. The molecule has 0 amide bonds. The molecule has 0 radical (unpaired) electrons. The van der Waals surface area contributed by atoms with Gasteiger partial charge in [0, 0.05) is 18.4 Å². The van der Waals surface area contributed by atoms with Gasteiger partial charge >= 0.3 is 5.97 Å². The molecule has 0 aromatic heterocycles. The summed E-state index contributed by atoms with van der Waals surface area (Å²) >= 11 is 0. The van der Waals surface area contributed by atoms with Gasteiger partial charge in [0.1, 0.15) is 5.78 Å². The third kappa shape index (κ3) is 6.08. The number of esters is 1. The van der Waals surface area contributed by atoms with Gasteiger partial charge in [-0.05, 0) is 13.3 Å². The number of carbonyl (C=O) groups is 2. The number of ketones is 1. The lowest BCUT2D eigenvalue weighted by Crippen LogP contribution is -2.09. The van der Waals surface area contributed by atoms with Crippen LogP contribution in [0.2, 0.25) is 0 Å². The third-order valence-corrected chi connectivity index (χ3v) is 1.49. The van der Waals surface area contributed by atoms with E-state index in [1.54, 1.807) is 6.92 Å². The second-order valence-electron chi connectivity index (χ2n) is 2.95. The zero-order chi connectivity index (χ0) is 10.3. The van der Waals surface area contributed by atoms with E-state index in [0.29, 0.717) is 18.4 Å². The molecule has 0 bridgehead atoms. The van der Waals surface area contributed by atoms with Crippen LogP contribution >= 0.6 is 0 Å². The van der Waals surface area contributed by atoms with E-state index in [0.717, 1.165) is 6.42 Å². The van der Waals surface area contributed by atoms with Gasteiger partial charge < -0.3 is 4.74 Å². The van der Waals surface area contributed by atoms with Gasteiger partial charge in [0.2, 0.25) is 0 Å². The summed E-state index contributed by atoms with van der Waals surface area (Å²) in [6, 6.07) is 0. The molecule has 0 aromatic rings. The van der Waals surface area contributed by atoms with E-state index in [1.807, 2.05) is 6.92 Å². The molecule has 0 N–H and O–H groups in total. The summed E-state index contributed by atoms with van der Waals surface area (Å²) in [7, 11) is 0. The fraction of sp³-hybridized carbons (Fsp3) is 0.600. The molecular weight excluding hydrogens is 168 g/mol. The second-order valence-corrected chi connectivity index (χ2v) is 2.95. The molecule has 0 spiro atoms. The van der Waals surface area contributed by atoms with Crippen molar-refractivity contribution >= 4 is 11.8 Å². The normalized spacial score (nSPS) is 9.38. The Bertz CT molecular complexity index is 206. The molecule has 0 rings (SSSR count). The van der Waals surface area contributed by atoms with Crippen molar-refractivity contribution < 1.29 is 14.3 Å². The molecule has 3 nitrogen and oxygen atoms in total. The van der Waals surface area contributed by atoms with Crippen molar-refractivity contribution in [2.45, 2.75) is 33.1 Å². The van der Waals surface area contributed by atoms with Crippen LogP contribution in [0.25, 0.3) is 0 Å². The molecule has 13 heavy (non-hydrogen) atoms. The highest BCUT2D eigenvalue weighted by molar-refractivity contribution is 5.87. The van der Waals surface area contributed by atoms with Gasteiger partial charge in [0.15, 0.2) is 0 Å². The van der Waals surface area contributed by atoms with Gasteiger partial charge in [-0.25, -0.2) is 4.79 Å². The van der Waals surface area contributed by atoms with E-state index in [2.05, 4.69) is 6.58 Å². The van der Waals surface area contributed by atoms with Gasteiger partial charge in [0.25, 0.3) is 0 Å². The predicted octanol–water partition coefficient (Wildman–Crippen LogP) is 1.86. The number of rotatable bonds is 6. The highest BCUT2D eigenvalue weighted by Crippen LogP contribution is 1.97. The van der Waals surface area contributed by atoms with E-state index in [1.165, 1.54) is 0 Å². The second kappa shape index (κ2) is 6.40. The Balaban J connectivity index is 3.50. The topological polar surface area (TPSA) is 43.4 Å². The molecule has 74 valence electrons. The predicted molar refractivity (Wildman–Crippen MR) is 50.3 cm³/mol. The first kappa shape index (κ1) is 11.9. The first-order chi connectivity index (χ1) is 6.07. The molecule has 0 aliphatic heterocycles. The summed E-state index contributed by atoms with van der Waals surface area (Å²) in [6.45, 7) is 7.12. The van der Waals surface area contributed by atoms with Gasteiger partial charge in [-0.3, -0.25) is 4.79 Å². The molecule has 0 aliphatic carbocycles. The summed E-state index contributed by atoms with van der Waals surface area (Å²) < 4.78 is 4.76. The zero-order valence-corrected chi connectivity index (χ0v) is 8.26. The zero-order valence-electron chi connectivity index (χ0n) is 8.26. The maximum Gasteiger partial charge on any atom is 0.333 e. The molecule has 0 saturated heterocycles. The fourth-order valence-electron chi connectivity index (χ4n) is 0.785. The SMILES string of the molecule is C=C(C)C(=O)OCCC(=O)CCC. The Morgan fingerprint density at radius 3 is 2.38 bits per heavy atom. The smallest absolute Gasteiger partial charge is 0.333 e. The molecule has 3 heteroatoms. The molecule has 0 aromatic carbocycles. The molecular formula is C10H16O3. The summed E-state index contributed by atoms with van der Waals surface area (Å²) in [5.74, 6) is -0.290. The Morgan fingerprint density at radius 2 is 1.92 bits per heavy atom. The van der Waals surface area contributed by atoms with Crippen molar-refractivity contribution in [1.29, 1.82) is 0 Å². The van der Waals surface area contributed by atoms with Crippen molar-refractivity contribution in [2.24, 2.45) is 0 Å². The molecule has 0 saturated carbocycles. The summed E-state index contributed by atoms with van der Waals surface area (Å²) in [4.78, 5) is 21.8. The first-order valence-corrected chi connectivity index (χ1v) is 4.42. The molecule has 0 heterocycles. The Hall–Kier alpha value is -1.12. The number of hydrogen-bond donors (Lipinski definition) is 0. The van der Waals surface area contributed by atoms with Crippen LogP contribution in [-0.4, -0.2) is 18.4 Å². The van der Waals surface area contributed by atoms with Crippen LogP contribution in [0.5, 0.6) is 0 Å². The van der Waals surface area contributed by atoms with Crippen molar-refractivity contribution in [3.05, 3.63) is 12.2 Å². The maximum atomic E-state index is 11.0. The van der Waals surface area contributed by atoms with Gasteiger partial charge in [-0.15, -0.1) is 0 Å². The number of ether oxygens (including phenoxy) is 1. The molecule has 0 fully saturated rings. The molecule has 0 atom stereocenters. The number of Topliss-reactive ketones (excluding diaryl/α,β-unsaturated/α-hetero) is 1. The monoisotopic (exact) mass is 184 g/mol. The largest absolute Gasteiger partial charge is 0.462 e. The van der Waals surface area contributed by atoms with Crippen LogP contribution in [-0.2, 0) is 14.3 Å². The lowest BCUT2D eigenvalue weighted by Gasteiger charge is -2.02. The minimum absolute atomic E-state index is 0.136. The lowest BCUT2D eigenvalue weighted by molar-refractivity contribution is -0.139. The Labute approximate surface area is 78.8 Å². The molecule has 0 aliphatic rings. The van der Waals surface area contributed by atoms with Crippen LogP contribution in [0.4, 0.5) is 0 Å². The maximum absolute atomic E-state index is 11.0. The van der Waals surface area contributed by atoms with Crippen LogP contribution in [0.3, 0.4) is 0 Å². The fourth-order valence-corrected chi connectivity index (χ4v) is 0.785. The highest BCUT2D eigenvalue weighted by atomic mass is 16.5. The quantitative estimate of drug-likeness (QED) is 0.467. The van der Waals surface area contributed by atoms with Crippen molar-refractivity contribution in [3.8, 4) is 0 Å². The minimum Gasteiger partial charge on any atom is -0.462 e. The third-order valence-electron chi connectivity index (χ3n) is 1.49. The minimum atomic E-state index is -0.427. The number of hydrogen-bond acceptors (Lipinski definition) is 3. The highest BCUT2D eigenvalue weighted by Gasteiger charge is 2.04. The average Bonchev–Trinajstić information content (AvgIpc) is 2.04. The van der Waals surface area contributed by atoms with E-state index >= 15 is 0 Å². The van der Waals surface area contributed by atoms with Crippen molar-refractivity contribution in [2.75, 3.05) is 6.61 Å².